The number of benzene rings is 3. The van der Waals surface area contributed by atoms with Crippen molar-refractivity contribution in [1.29, 1.82) is 5.41 Å². The van der Waals surface area contributed by atoms with E-state index >= 15 is 0 Å². The molecule has 1 aliphatic heterocycles. The summed E-state index contributed by atoms with van der Waals surface area (Å²) < 4.78 is 4.33. The molecule has 0 spiro atoms. The SMILES string of the molecule is CC(=O)OC(=O)CNc1ccccc1.Cl.N=C(N)NCCC[C@H]1C(=O)N(N[C@H](CCC(=O)O)C(=O)N[C@@H](Cc2ccc(O)cc2)C(=O)O)C(=O)N1Cc1ccccc1. The van der Waals surface area contributed by atoms with Crippen LogP contribution in [0.2, 0.25) is 0 Å². The van der Waals surface area contributed by atoms with Crippen LogP contribution in [0.3, 0.4) is 0 Å². The maximum absolute atomic E-state index is 13.5. The third-order valence-corrected chi connectivity index (χ3v) is 8.19. The summed E-state index contributed by atoms with van der Waals surface area (Å²) in [5, 5.41) is 44.2. The number of hydrogen-bond acceptors (Lipinski definition) is 12. The number of urea groups is 1. The average Bonchev–Trinajstić information content (AvgIpc) is 3.38. The summed E-state index contributed by atoms with van der Waals surface area (Å²) in [5.74, 6) is -5.62. The highest BCUT2D eigenvalue weighted by molar-refractivity contribution is 6.04. The van der Waals surface area contributed by atoms with Gasteiger partial charge in [0.1, 0.15) is 30.4 Å². The van der Waals surface area contributed by atoms with Gasteiger partial charge < -0.3 is 46.6 Å². The Morgan fingerprint density at radius 1 is 0.897 bits per heavy atom. The number of para-hydroxylation sites is 1. The fraction of sp³-hybridized carbons (Fsp3) is 0.316. The molecular formula is C38H47ClN8O11. The number of carboxylic acid groups (broad SMARTS) is 2. The molecule has 3 aromatic rings. The molecule has 20 heteroatoms. The Kier molecular flexibility index (Phi) is 19.6. The molecule has 1 saturated heterocycles. The number of hydrazine groups is 1. The summed E-state index contributed by atoms with van der Waals surface area (Å²) in [5.41, 5.74) is 9.94. The molecule has 0 unspecified atom stereocenters. The molecule has 0 aromatic heterocycles. The molecule has 1 fully saturated rings. The third kappa shape index (κ3) is 16.2. The van der Waals surface area contributed by atoms with Crippen molar-refractivity contribution in [2.75, 3.05) is 18.4 Å². The van der Waals surface area contributed by atoms with Crippen LogP contribution in [0.1, 0.15) is 43.7 Å². The second-order valence-electron chi connectivity index (χ2n) is 12.6. The first kappa shape index (κ1) is 47.4. The van der Waals surface area contributed by atoms with Crippen LogP contribution in [0.15, 0.2) is 84.9 Å². The fourth-order valence-electron chi connectivity index (χ4n) is 5.46. The van der Waals surface area contributed by atoms with Gasteiger partial charge in [-0.15, -0.1) is 12.4 Å². The van der Waals surface area contributed by atoms with Crippen molar-refractivity contribution in [2.45, 2.75) is 63.7 Å². The first-order valence-electron chi connectivity index (χ1n) is 17.7. The van der Waals surface area contributed by atoms with Crippen LogP contribution in [-0.4, -0.2) is 104 Å². The number of phenols is 1. The zero-order valence-electron chi connectivity index (χ0n) is 31.5. The zero-order valence-corrected chi connectivity index (χ0v) is 32.3. The van der Waals surface area contributed by atoms with Crippen LogP contribution < -0.4 is 27.1 Å². The fourth-order valence-corrected chi connectivity index (χ4v) is 5.46. The van der Waals surface area contributed by atoms with Crippen molar-refractivity contribution in [2.24, 2.45) is 5.73 Å². The van der Waals surface area contributed by atoms with Crippen LogP contribution in [-0.2, 0) is 46.5 Å². The standard InChI is InChI=1S/C28H35N7O8.C10H11NO3.ClH/c29-27(30)31-14-4-7-22-25(40)35(28(43)34(22)16-18-5-2-1-3-6-18)33-20(12-13-23(37)38)24(39)32-21(26(41)42)15-17-8-10-19(36)11-9-17;1-8(12)14-10(13)7-11-9-5-3-2-4-6-9;/h1-3,5-6,8-11,20-22,33,36H,4,7,12-16H2,(H,32,39)(H,37,38)(H,41,42)(H4,29,30,31);2-6,11H,7H2,1H3;1H/t20-,21+,22+;;/m1../s1. The molecule has 3 atom stereocenters. The molecule has 10 N–H and O–H groups in total. The van der Waals surface area contributed by atoms with Crippen molar-refractivity contribution in [1.82, 2.24) is 26.0 Å². The number of halogens is 1. The number of ether oxygens (including phenoxy) is 1. The predicted molar refractivity (Wildman–Crippen MR) is 211 cm³/mol. The number of aromatic hydroxyl groups is 1. The number of phenolic OH excluding ortho intramolecular Hbond substituents is 1. The van der Waals surface area contributed by atoms with E-state index in [4.69, 9.17) is 11.1 Å². The number of carbonyl (C=O) groups is 7. The molecule has 0 saturated carbocycles. The number of hydrogen-bond donors (Lipinski definition) is 9. The number of aliphatic carboxylic acids is 2. The molecule has 0 aliphatic carbocycles. The molecule has 1 heterocycles. The normalized spacial score (nSPS) is 14.1. The van der Waals surface area contributed by atoms with Crippen LogP contribution >= 0.6 is 12.4 Å². The van der Waals surface area contributed by atoms with E-state index in [2.05, 4.69) is 26.1 Å². The van der Waals surface area contributed by atoms with Gasteiger partial charge in [-0.1, -0.05) is 60.7 Å². The summed E-state index contributed by atoms with van der Waals surface area (Å²) in [6.45, 7) is 1.54. The molecule has 0 bridgehead atoms. The summed E-state index contributed by atoms with van der Waals surface area (Å²) >= 11 is 0. The van der Waals surface area contributed by atoms with Gasteiger partial charge in [0.25, 0.3) is 5.91 Å². The predicted octanol–water partition coefficient (Wildman–Crippen LogP) is 1.95. The maximum Gasteiger partial charge on any atom is 0.342 e. The zero-order chi connectivity index (χ0) is 41.9. The largest absolute Gasteiger partial charge is 0.508 e. The number of guanidine groups is 1. The molecule has 4 rings (SSSR count). The van der Waals surface area contributed by atoms with Crippen molar-refractivity contribution in [3.63, 3.8) is 0 Å². The number of amides is 4. The molecular weight excluding hydrogens is 780 g/mol. The molecule has 58 heavy (non-hydrogen) atoms. The van der Waals surface area contributed by atoms with Gasteiger partial charge in [0, 0.05) is 38.5 Å². The first-order chi connectivity index (χ1) is 27.1. The molecule has 1 aliphatic rings. The van der Waals surface area contributed by atoms with Gasteiger partial charge in [-0.2, -0.15) is 5.01 Å². The average molecular weight is 827 g/mol. The van der Waals surface area contributed by atoms with Gasteiger partial charge in [-0.05, 0) is 54.7 Å². The van der Waals surface area contributed by atoms with Crippen LogP contribution in [0, 0.1) is 5.41 Å². The Morgan fingerprint density at radius 3 is 2.09 bits per heavy atom. The second kappa shape index (κ2) is 24.0. The van der Waals surface area contributed by atoms with Gasteiger partial charge in [0.05, 0.1) is 0 Å². The summed E-state index contributed by atoms with van der Waals surface area (Å²) in [4.78, 5) is 86.2. The Hall–Kier alpha value is -6.73. The molecule has 3 aromatic carbocycles. The Balaban J connectivity index is 0.000000653. The Bertz CT molecular complexity index is 1870. The molecule has 19 nitrogen and oxygen atoms in total. The lowest BCUT2D eigenvalue weighted by molar-refractivity contribution is -0.156. The monoisotopic (exact) mass is 826 g/mol. The van der Waals surface area contributed by atoms with Crippen molar-refractivity contribution in [3.8, 4) is 5.75 Å². The molecule has 4 amide bonds. The number of rotatable bonds is 19. The maximum atomic E-state index is 13.5. The minimum Gasteiger partial charge on any atom is -0.508 e. The van der Waals surface area contributed by atoms with Gasteiger partial charge in [-0.3, -0.25) is 24.6 Å². The van der Waals surface area contributed by atoms with E-state index < -0.39 is 66.3 Å². The number of carboxylic acids is 2. The lowest BCUT2D eigenvalue weighted by Crippen LogP contribution is -2.57. The van der Waals surface area contributed by atoms with Crippen LogP contribution in [0.25, 0.3) is 0 Å². The van der Waals surface area contributed by atoms with E-state index in [1.54, 1.807) is 30.3 Å². The highest BCUT2D eigenvalue weighted by Gasteiger charge is 2.46. The molecule has 312 valence electrons. The summed E-state index contributed by atoms with van der Waals surface area (Å²) in [7, 11) is 0. The van der Waals surface area contributed by atoms with Gasteiger partial charge in [-0.25, -0.2) is 19.8 Å². The van der Waals surface area contributed by atoms with E-state index in [0.29, 0.717) is 17.0 Å². The van der Waals surface area contributed by atoms with Gasteiger partial charge >= 0.3 is 29.9 Å². The van der Waals surface area contributed by atoms with Crippen molar-refractivity contribution < 1.29 is 53.6 Å². The Morgan fingerprint density at radius 2 is 1.52 bits per heavy atom. The smallest absolute Gasteiger partial charge is 0.342 e. The van der Waals surface area contributed by atoms with E-state index in [9.17, 15) is 48.9 Å². The van der Waals surface area contributed by atoms with Gasteiger partial charge in [0.2, 0.25) is 5.91 Å². The number of nitrogens with one attached hydrogen (secondary N) is 5. The highest BCUT2D eigenvalue weighted by atomic mass is 35.5. The third-order valence-electron chi connectivity index (χ3n) is 8.19. The van der Waals surface area contributed by atoms with E-state index in [1.165, 1.54) is 36.1 Å². The Labute approximate surface area is 339 Å². The number of anilines is 1. The summed E-state index contributed by atoms with van der Waals surface area (Å²) in [6.07, 6.45) is -0.422. The first-order valence-corrected chi connectivity index (χ1v) is 17.7. The van der Waals surface area contributed by atoms with Crippen molar-refractivity contribution in [3.05, 3.63) is 96.1 Å². The minimum absolute atomic E-state index is 0. The molecule has 0 radical (unpaired) electrons. The number of imide groups is 1. The van der Waals surface area contributed by atoms with E-state index in [0.717, 1.165) is 11.3 Å². The number of esters is 2. The number of nitrogens with two attached hydrogens (primary N) is 1. The quantitative estimate of drug-likeness (QED) is 0.0208. The van der Waals surface area contributed by atoms with Gasteiger partial charge in [0.15, 0.2) is 5.96 Å². The van der Waals surface area contributed by atoms with Crippen LogP contribution in [0.4, 0.5) is 10.5 Å². The second-order valence-corrected chi connectivity index (χ2v) is 12.6. The number of nitrogens with zero attached hydrogens (tertiary/aromatic N) is 2. The highest BCUT2D eigenvalue weighted by Crippen LogP contribution is 2.23. The van der Waals surface area contributed by atoms with E-state index in [1.807, 2.05) is 30.3 Å². The van der Waals surface area contributed by atoms with Crippen molar-refractivity contribution >= 4 is 65.8 Å². The lowest BCUT2D eigenvalue weighted by atomic mass is 10.0. The topological polar surface area (TPSA) is 294 Å². The minimum atomic E-state index is -1.44. The van der Waals surface area contributed by atoms with E-state index in [-0.39, 0.29) is 63.0 Å². The van der Waals surface area contributed by atoms with Crippen LogP contribution in [0.5, 0.6) is 5.75 Å². The lowest BCUT2D eigenvalue weighted by Gasteiger charge is -2.25. The number of carbonyl (C=O) groups excluding carboxylic acids is 5. The summed E-state index contributed by atoms with van der Waals surface area (Å²) in [6, 6.07) is 19.3.